The Bertz CT molecular complexity index is 1210. The number of ether oxygens (including phenoxy) is 1. The molecule has 3 aromatic rings. The topological polar surface area (TPSA) is 88.9 Å². The van der Waals surface area contributed by atoms with E-state index in [1.807, 2.05) is 37.3 Å². The van der Waals surface area contributed by atoms with Gasteiger partial charge in [0.25, 0.3) is 5.91 Å². The van der Waals surface area contributed by atoms with Crippen molar-refractivity contribution < 1.29 is 22.4 Å². The highest BCUT2D eigenvalue weighted by atomic mass is 32.2. The number of anilines is 1. The van der Waals surface area contributed by atoms with Crippen molar-refractivity contribution in [3.05, 3.63) is 58.8 Å². The molecule has 2 heterocycles. The van der Waals surface area contributed by atoms with Gasteiger partial charge in [0.15, 0.2) is 17.1 Å². The van der Waals surface area contributed by atoms with Crippen LogP contribution in [-0.2, 0) is 23.0 Å². The molecule has 1 aliphatic rings. The molecule has 1 amide bonds. The number of nitrogens with zero attached hydrogens (tertiary/aromatic N) is 1. The lowest BCUT2D eigenvalue weighted by Gasteiger charge is -2.28. The van der Waals surface area contributed by atoms with Gasteiger partial charge in [-0.1, -0.05) is 24.3 Å². The van der Waals surface area contributed by atoms with E-state index in [-0.39, 0.29) is 11.7 Å². The summed E-state index contributed by atoms with van der Waals surface area (Å²) in [5.74, 6) is 0.456. The average Bonchev–Trinajstić information content (AvgIpc) is 3.04. The van der Waals surface area contributed by atoms with Crippen molar-refractivity contribution in [2.45, 2.75) is 19.9 Å². The van der Waals surface area contributed by atoms with Crippen LogP contribution in [0.3, 0.4) is 0 Å². The van der Waals surface area contributed by atoms with Gasteiger partial charge in [-0.3, -0.25) is 4.79 Å². The number of nitrogens with one attached hydrogen (secondary N) is 1. The Labute approximate surface area is 169 Å². The van der Waals surface area contributed by atoms with Gasteiger partial charge < -0.3 is 14.5 Å². The van der Waals surface area contributed by atoms with Crippen LogP contribution in [0.5, 0.6) is 5.75 Å². The molecule has 0 saturated heterocycles. The van der Waals surface area contributed by atoms with Crippen molar-refractivity contribution in [2.75, 3.05) is 25.2 Å². The summed E-state index contributed by atoms with van der Waals surface area (Å²) < 4.78 is 36.3. The van der Waals surface area contributed by atoms with Crippen LogP contribution >= 0.6 is 0 Å². The third-order valence-corrected chi connectivity index (χ3v) is 6.55. The molecule has 2 aromatic carbocycles. The Hall–Kier alpha value is -2.84. The van der Waals surface area contributed by atoms with Crippen molar-refractivity contribution >= 4 is 32.6 Å². The predicted octanol–water partition coefficient (Wildman–Crippen LogP) is 3.32. The second-order valence-electron chi connectivity index (χ2n) is 7.14. The molecule has 0 spiro atoms. The van der Waals surface area contributed by atoms with Crippen molar-refractivity contribution in [1.82, 2.24) is 4.31 Å². The fourth-order valence-electron chi connectivity index (χ4n) is 3.76. The Morgan fingerprint density at radius 1 is 1.21 bits per heavy atom. The normalized spacial score (nSPS) is 14.6. The maximum absolute atomic E-state index is 13.0. The summed E-state index contributed by atoms with van der Waals surface area (Å²) in [5.41, 5.74) is 3.79. The number of carbonyl (C=O) groups is 1. The molecule has 0 unspecified atom stereocenters. The summed E-state index contributed by atoms with van der Waals surface area (Å²) in [7, 11) is -1.70. The molecule has 152 valence electrons. The first-order valence-electron chi connectivity index (χ1n) is 9.23. The second-order valence-corrected chi connectivity index (χ2v) is 9.12. The molecule has 1 aliphatic heterocycles. The van der Waals surface area contributed by atoms with Gasteiger partial charge >= 0.3 is 0 Å². The first kappa shape index (κ1) is 19.5. The van der Waals surface area contributed by atoms with Crippen LogP contribution in [0.15, 0.2) is 40.8 Å². The maximum Gasteiger partial charge on any atom is 0.291 e. The molecule has 1 aromatic heterocycles. The van der Waals surface area contributed by atoms with Gasteiger partial charge in [0.1, 0.15) is 0 Å². The number of methoxy groups -OCH3 is 1. The third-order valence-electron chi connectivity index (χ3n) is 5.30. The first-order chi connectivity index (χ1) is 13.8. The minimum Gasteiger partial charge on any atom is -0.493 e. The largest absolute Gasteiger partial charge is 0.493 e. The van der Waals surface area contributed by atoms with Gasteiger partial charge in [0, 0.05) is 29.7 Å². The Morgan fingerprint density at radius 2 is 1.97 bits per heavy atom. The van der Waals surface area contributed by atoms with E-state index in [9.17, 15) is 13.2 Å². The Balaban J connectivity index is 1.65. The van der Waals surface area contributed by atoms with E-state index in [2.05, 4.69) is 5.32 Å². The summed E-state index contributed by atoms with van der Waals surface area (Å²) in [6.07, 6.45) is 1.74. The molecule has 4 rings (SSSR count). The van der Waals surface area contributed by atoms with Crippen LogP contribution < -0.4 is 10.1 Å². The number of rotatable bonds is 4. The van der Waals surface area contributed by atoms with Gasteiger partial charge in [-0.15, -0.1) is 0 Å². The number of fused-ring (bicyclic) bond motifs is 2. The molecular formula is C21H22N2O5S. The highest BCUT2D eigenvalue weighted by Crippen LogP contribution is 2.33. The SMILES string of the molecule is COc1cccc2c(C)c(C(=O)Nc3cccc4c3CCN(S(C)(=O)=O)C4)oc12. The van der Waals surface area contributed by atoms with E-state index in [1.54, 1.807) is 13.2 Å². The molecule has 8 heteroatoms. The molecule has 0 bridgehead atoms. The van der Waals surface area contributed by atoms with Gasteiger partial charge in [-0.25, -0.2) is 8.42 Å². The van der Waals surface area contributed by atoms with Crippen LogP contribution in [0.1, 0.15) is 27.2 Å². The number of para-hydroxylation sites is 1. The number of sulfonamides is 1. The maximum atomic E-state index is 13.0. The van der Waals surface area contributed by atoms with Crippen molar-refractivity contribution in [3.63, 3.8) is 0 Å². The fraction of sp³-hybridized carbons (Fsp3) is 0.286. The van der Waals surface area contributed by atoms with Crippen LogP contribution in [0, 0.1) is 6.92 Å². The highest BCUT2D eigenvalue weighted by Gasteiger charge is 2.26. The van der Waals surface area contributed by atoms with Crippen molar-refractivity contribution in [1.29, 1.82) is 0 Å². The molecule has 0 saturated carbocycles. The summed E-state index contributed by atoms with van der Waals surface area (Å²) >= 11 is 0. The van der Waals surface area contributed by atoms with Crippen LogP contribution in [-0.4, -0.2) is 38.5 Å². The smallest absolute Gasteiger partial charge is 0.291 e. The molecule has 29 heavy (non-hydrogen) atoms. The number of carbonyl (C=O) groups excluding carboxylic acids is 1. The number of hydrogen-bond acceptors (Lipinski definition) is 5. The van der Waals surface area contributed by atoms with Gasteiger partial charge in [0.05, 0.1) is 13.4 Å². The number of hydrogen-bond donors (Lipinski definition) is 1. The summed E-state index contributed by atoms with van der Waals surface area (Å²) in [5, 5.41) is 3.76. The minimum atomic E-state index is -3.26. The third kappa shape index (κ3) is 3.49. The zero-order valence-corrected chi connectivity index (χ0v) is 17.3. The average molecular weight is 414 g/mol. The molecular weight excluding hydrogens is 392 g/mol. The number of amides is 1. The lowest BCUT2D eigenvalue weighted by Crippen LogP contribution is -2.35. The van der Waals surface area contributed by atoms with Crippen LogP contribution in [0.4, 0.5) is 5.69 Å². The quantitative estimate of drug-likeness (QED) is 0.707. The molecule has 0 aliphatic carbocycles. The van der Waals surface area contributed by atoms with Crippen molar-refractivity contribution in [3.8, 4) is 5.75 Å². The number of furan rings is 1. The molecule has 7 nitrogen and oxygen atoms in total. The lowest BCUT2D eigenvalue weighted by atomic mass is 9.99. The summed E-state index contributed by atoms with van der Waals surface area (Å²) in [4.78, 5) is 13.0. The van der Waals surface area contributed by atoms with E-state index in [1.165, 1.54) is 10.6 Å². The van der Waals surface area contributed by atoms with Crippen LogP contribution in [0.25, 0.3) is 11.0 Å². The van der Waals surface area contributed by atoms with Gasteiger partial charge in [-0.2, -0.15) is 4.31 Å². The highest BCUT2D eigenvalue weighted by molar-refractivity contribution is 7.88. The van der Waals surface area contributed by atoms with E-state index >= 15 is 0 Å². The zero-order valence-electron chi connectivity index (χ0n) is 16.5. The van der Waals surface area contributed by atoms with Crippen LogP contribution in [0.2, 0.25) is 0 Å². The standard InChI is InChI=1S/C21H22N2O5S/c1-13-15-7-5-9-18(27-2)20(15)28-19(13)21(24)22-17-8-4-6-14-12-23(29(3,25)26)11-10-16(14)17/h4-9H,10-12H2,1-3H3,(H,22,24). The van der Waals surface area contributed by atoms with E-state index in [4.69, 9.17) is 9.15 Å². The van der Waals surface area contributed by atoms with Gasteiger partial charge in [-0.05, 0) is 36.6 Å². The minimum absolute atomic E-state index is 0.232. The number of benzene rings is 2. The Kier molecular flexibility index (Phi) is 4.84. The molecule has 0 atom stereocenters. The zero-order chi connectivity index (χ0) is 20.8. The Morgan fingerprint density at radius 3 is 2.69 bits per heavy atom. The van der Waals surface area contributed by atoms with Gasteiger partial charge in [0.2, 0.25) is 10.0 Å². The lowest BCUT2D eigenvalue weighted by molar-refractivity contribution is 0.0997. The molecule has 1 N–H and O–H groups in total. The number of aryl methyl sites for hydroxylation is 1. The van der Waals surface area contributed by atoms with E-state index in [0.717, 1.165) is 22.1 Å². The molecule has 0 fully saturated rings. The first-order valence-corrected chi connectivity index (χ1v) is 11.1. The van der Waals surface area contributed by atoms with Crippen molar-refractivity contribution in [2.24, 2.45) is 0 Å². The second kappa shape index (κ2) is 7.20. The fourth-order valence-corrected chi connectivity index (χ4v) is 4.55. The van der Waals surface area contributed by atoms with E-state index in [0.29, 0.717) is 36.5 Å². The molecule has 0 radical (unpaired) electrons. The summed E-state index contributed by atoms with van der Waals surface area (Å²) in [6, 6.07) is 11.1. The monoisotopic (exact) mass is 414 g/mol. The summed E-state index contributed by atoms with van der Waals surface area (Å²) in [6.45, 7) is 2.53. The predicted molar refractivity (Wildman–Crippen MR) is 111 cm³/mol. The van der Waals surface area contributed by atoms with E-state index < -0.39 is 10.0 Å².